The number of benzene rings is 3. The molecule has 184 valence electrons. The van der Waals surface area contributed by atoms with Crippen molar-refractivity contribution in [3.63, 3.8) is 0 Å². The molecule has 1 unspecified atom stereocenters. The fourth-order valence-corrected chi connectivity index (χ4v) is 3.17. The Hall–Kier alpha value is -4.59. The highest BCUT2D eigenvalue weighted by Gasteiger charge is 2.20. The summed E-state index contributed by atoms with van der Waals surface area (Å²) in [7, 11) is 0. The largest absolute Gasteiger partial charge is 0.457 e. The summed E-state index contributed by atoms with van der Waals surface area (Å²) in [5.74, 6) is -2.40. The van der Waals surface area contributed by atoms with Crippen LogP contribution in [0.2, 0.25) is 0 Å². The molecule has 0 heterocycles. The molecule has 0 spiro atoms. The molecule has 36 heavy (non-hydrogen) atoms. The van der Waals surface area contributed by atoms with Crippen molar-refractivity contribution in [3.05, 3.63) is 102 Å². The number of ketones is 2. The molecule has 0 aromatic heterocycles. The van der Waals surface area contributed by atoms with Gasteiger partial charge in [-0.25, -0.2) is 4.79 Å². The summed E-state index contributed by atoms with van der Waals surface area (Å²) in [6.45, 7) is 1.11. The van der Waals surface area contributed by atoms with Gasteiger partial charge in [-0.3, -0.25) is 19.2 Å². The van der Waals surface area contributed by atoms with E-state index in [9.17, 15) is 24.0 Å². The summed E-state index contributed by atoms with van der Waals surface area (Å²) >= 11 is 0. The van der Waals surface area contributed by atoms with Gasteiger partial charge in [0.15, 0.2) is 18.5 Å². The van der Waals surface area contributed by atoms with Crippen LogP contribution in [0.3, 0.4) is 0 Å². The van der Waals surface area contributed by atoms with E-state index < -0.39 is 30.6 Å². The van der Waals surface area contributed by atoms with Gasteiger partial charge >= 0.3 is 11.9 Å². The first kappa shape index (κ1) is 26.0. The van der Waals surface area contributed by atoms with E-state index in [0.717, 1.165) is 0 Å². The summed E-state index contributed by atoms with van der Waals surface area (Å²) in [6, 6.07) is 22.9. The van der Waals surface area contributed by atoms with E-state index in [2.05, 4.69) is 5.32 Å². The van der Waals surface area contributed by atoms with E-state index in [-0.39, 0.29) is 30.0 Å². The van der Waals surface area contributed by atoms with Gasteiger partial charge in [0, 0.05) is 23.2 Å². The van der Waals surface area contributed by atoms with E-state index in [1.165, 1.54) is 31.2 Å². The lowest BCUT2D eigenvalue weighted by molar-refractivity contribution is -0.143. The van der Waals surface area contributed by atoms with Crippen LogP contribution in [-0.4, -0.2) is 42.1 Å². The van der Waals surface area contributed by atoms with Crippen molar-refractivity contribution >= 4 is 35.1 Å². The first-order valence-electron chi connectivity index (χ1n) is 11.3. The van der Waals surface area contributed by atoms with Gasteiger partial charge in [-0.1, -0.05) is 60.7 Å². The molecule has 0 fully saturated rings. The van der Waals surface area contributed by atoms with Gasteiger partial charge in [0.1, 0.15) is 0 Å². The fraction of sp³-hybridized carbons (Fsp3) is 0.179. The Kier molecular flexibility index (Phi) is 9.22. The third-order valence-corrected chi connectivity index (χ3v) is 5.13. The quantitative estimate of drug-likeness (QED) is 0.317. The highest BCUT2D eigenvalue weighted by Crippen LogP contribution is 2.14. The minimum atomic E-state index is -0.956. The van der Waals surface area contributed by atoms with Crippen molar-refractivity contribution in [2.75, 3.05) is 11.9 Å². The molecular weight excluding hydrogens is 462 g/mol. The van der Waals surface area contributed by atoms with Gasteiger partial charge in [0.05, 0.1) is 12.0 Å². The minimum absolute atomic E-state index is 0.138. The Morgan fingerprint density at radius 1 is 0.722 bits per heavy atom. The van der Waals surface area contributed by atoms with Crippen LogP contribution in [0.1, 0.15) is 50.8 Å². The minimum Gasteiger partial charge on any atom is -0.457 e. The van der Waals surface area contributed by atoms with Gasteiger partial charge in [-0.2, -0.15) is 0 Å². The molecule has 0 aliphatic rings. The maximum Gasteiger partial charge on any atom is 0.338 e. The van der Waals surface area contributed by atoms with Crippen molar-refractivity contribution in [2.45, 2.75) is 25.9 Å². The molecule has 0 aliphatic carbocycles. The number of anilines is 1. The number of ether oxygens (including phenoxy) is 2. The Bertz CT molecular complexity index is 1220. The fourth-order valence-electron chi connectivity index (χ4n) is 3.17. The molecule has 1 atom stereocenters. The van der Waals surface area contributed by atoms with Crippen molar-refractivity contribution in [1.82, 2.24) is 0 Å². The van der Waals surface area contributed by atoms with Crippen LogP contribution in [0.25, 0.3) is 0 Å². The summed E-state index contributed by atoms with van der Waals surface area (Å²) in [5.41, 5.74) is 1.51. The number of hydrogen-bond donors (Lipinski definition) is 1. The molecule has 3 rings (SSSR count). The zero-order chi connectivity index (χ0) is 25.9. The number of esters is 2. The third kappa shape index (κ3) is 7.73. The molecule has 0 saturated carbocycles. The lowest BCUT2D eigenvalue weighted by Crippen LogP contribution is -2.24. The molecule has 3 aromatic carbocycles. The summed E-state index contributed by atoms with van der Waals surface area (Å²) in [6.07, 6.45) is -1.28. The van der Waals surface area contributed by atoms with Crippen LogP contribution in [0.4, 0.5) is 5.69 Å². The molecule has 8 heteroatoms. The Balaban J connectivity index is 1.41. The van der Waals surface area contributed by atoms with Crippen molar-refractivity contribution in [1.29, 1.82) is 0 Å². The zero-order valence-corrected chi connectivity index (χ0v) is 19.6. The third-order valence-electron chi connectivity index (χ3n) is 5.13. The predicted molar refractivity (Wildman–Crippen MR) is 132 cm³/mol. The van der Waals surface area contributed by atoms with Crippen LogP contribution in [0.5, 0.6) is 0 Å². The molecular formula is C28H25NO7. The van der Waals surface area contributed by atoms with E-state index in [0.29, 0.717) is 16.8 Å². The van der Waals surface area contributed by atoms with Gasteiger partial charge in [-0.15, -0.1) is 0 Å². The Morgan fingerprint density at radius 3 is 1.92 bits per heavy atom. The molecule has 0 aliphatic heterocycles. The lowest BCUT2D eigenvalue weighted by atomic mass is 10.1. The van der Waals surface area contributed by atoms with Crippen LogP contribution >= 0.6 is 0 Å². The maximum atomic E-state index is 12.4. The van der Waals surface area contributed by atoms with E-state index >= 15 is 0 Å². The first-order valence-corrected chi connectivity index (χ1v) is 11.3. The van der Waals surface area contributed by atoms with E-state index in [1.54, 1.807) is 60.7 Å². The molecule has 1 amide bonds. The Morgan fingerprint density at radius 2 is 1.31 bits per heavy atom. The number of amides is 1. The van der Waals surface area contributed by atoms with E-state index in [1.807, 2.05) is 0 Å². The second-order valence-corrected chi connectivity index (χ2v) is 7.85. The maximum absolute atomic E-state index is 12.4. The Labute approximate surface area is 208 Å². The normalized spacial score (nSPS) is 11.1. The van der Waals surface area contributed by atoms with Crippen molar-refractivity contribution in [3.8, 4) is 0 Å². The molecule has 0 radical (unpaired) electrons. The standard InChI is InChI=1S/C28H25NO7/c1-19(27(33)21-10-6-3-7-11-21)36-28(34)22-12-14-23(15-13-22)29-25(31)16-17-26(32)35-18-24(30)20-8-4-2-5-9-20/h2-15,19H,16-18H2,1H3,(H,29,31). The highest BCUT2D eigenvalue weighted by atomic mass is 16.5. The number of nitrogens with one attached hydrogen (secondary N) is 1. The summed E-state index contributed by atoms with van der Waals surface area (Å²) < 4.78 is 10.2. The predicted octanol–water partition coefficient (Wildman–Crippen LogP) is 4.26. The van der Waals surface area contributed by atoms with Crippen LogP contribution < -0.4 is 5.32 Å². The molecule has 0 saturated heterocycles. The number of carbonyl (C=O) groups is 5. The van der Waals surface area contributed by atoms with Gasteiger partial charge in [0.2, 0.25) is 11.7 Å². The highest BCUT2D eigenvalue weighted by molar-refractivity contribution is 6.01. The summed E-state index contributed by atoms with van der Waals surface area (Å²) in [5, 5.41) is 2.61. The van der Waals surface area contributed by atoms with Gasteiger partial charge < -0.3 is 14.8 Å². The van der Waals surface area contributed by atoms with Crippen LogP contribution in [0, 0.1) is 0 Å². The summed E-state index contributed by atoms with van der Waals surface area (Å²) in [4.78, 5) is 60.7. The molecule has 8 nitrogen and oxygen atoms in total. The zero-order valence-electron chi connectivity index (χ0n) is 19.6. The smallest absolute Gasteiger partial charge is 0.338 e. The van der Waals surface area contributed by atoms with Crippen LogP contribution in [0.15, 0.2) is 84.9 Å². The van der Waals surface area contributed by atoms with Gasteiger partial charge in [0.25, 0.3) is 0 Å². The SMILES string of the molecule is CC(OC(=O)c1ccc(NC(=O)CCC(=O)OCC(=O)c2ccccc2)cc1)C(=O)c1ccccc1. The van der Waals surface area contributed by atoms with Crippen LogP contribution in [-0.2, 0) is 19.1 Å². The molecule has 3 aromatic rings. The number of hydrogen-bond acceptors (Lipinski definition) is 7. The first-order chi connectivity index (χ1) is 17.3. The van der Waals surface area contributed by atoms with E-state index in [4.69, 9.17) is 9.47 Å². The number of Topliss-reactive ketones (excluding diaryl/α,β-unsaturated/α-hetero) is 2. The lowest BCUT2D eigenvalue weighted by Gasteiger charge is -2.12. The topological polar surface area (TPSA) is 116 Å². The van der Waals surface area contributed by atoms with Gasteiger partial charge in [-0.05, 0) is 31.2 Å². The number of carbonyl (C=O) groups excluding carboxylic acids is 5. The second-order valence-electron chi connectivity index (χ2n) is 7.85. The van der Waals surface area contributed by atoms with Crippen molar-refractivity contribution in [2.24, 2.45) is 0 Å². The number of rotatable bonds is 11. The monoisotopic (exact) mass is 487 g/mol. The molecule has 1 N–H and O–H groups in total. The average molecular weight is 488 g/mol. The van der Waals surface area contributed by atoms with Crippen molar-refractivity contribution < 1.29 is 33.4 Å². The average Bonchev–Trinajstić information content (AvgIpc) is 2.91. The second kappa shape index (κ2) is 12.8. The molecule has 0 bridgehead atoms.